The van der Waals surface area contributed by atoms with Crippen molar-refractivity contribution >= 4 is 12.3 Å². The molecular formula is C19H32N3O2+. The lowest BCUT2D eigenvalue weighted by molar-refractivity contribution is -0.667. The molecule has 3 N–H and O–H groups in total. The van der Waals surface area contributed by atoms with Gasteiger partial charge in [-0.05, 0) is 37.6 Å². The maximum atomic E-state index is 11.6. The van der Waals surface area contributed by atoms with Gasteiger partial charge in [0.05, 0.1) is 5.92 Å². The summed E-state index contributed by atoms with van der Waals surface area (Å²) in [5.41, 5.74) is 7.09. The molecule has 3 unspecified atom stereocenters. The van der Waals surface area contributed by atoms with Crippen LogP contribution in [0.5, 0.6) is 0 Å². The van der Waals surface area contributed by atoms with Crippen molar-refractivity contribution in [2.75, 3.05) is 13.1 Å². The fourth-order valence-electron chi connectivity index (χ4n) is 4.64. The molecule has 0 bridgehead atoms. The van der Waals surface area contributed by atoms with Crippen LogP contribution in [0, 0.1) is 17.8 Å². The molecule has 3 atom stereocenters. The van der Waals surface area contributed by atoms with Crippen LogP contribution in [0.3, 0.4) is 0 Å². The van der Waals surface area contributed by atoms with Crippen molar-refractivity contribution in [2.45, 2.75) is 64.3 Å². The molecular weight excluding hydrogens is 302 g/mol. The van der Waals surface area contributed by atoms with Crippen molar-refractivity contribution in [1.82, 2.24) is 0 Å². The second-order valence-corrected chi connectivity index (χ2v) is 8.35. The number of hydrogen-bond donors (Lipinski definition) is 2. The normalized spacial score (nSPS) is 36.8. The summed E-state index contributed by atoms with van der Waals surface area (Å²) in [6, 6.07) is 0. The van der Waals surface area contributed by atoms with Gasteiger partial charge in [0.1, 0.15) is 18.4 Å². The first kappa shape index (κ1) is 17.6. The predicted molar refractivity (Wildman–Crippen MR) is 95.3 cm³/mol. The van der Waals surface area contributed by atoms with Crippen molar-refractivity contribution < 1.29 is 14.4 Å². The predicted octanol–water partition coefficient (Wildman–Crippen LogP) is 3.11. The standard InChI is InChI=1S/C19H31N3O2/c1-3-15(10-20)8-16(18(23)24)9-17-11-22(13-21-17)12-19(22)6-4-14(2)5-7-19/h11,13-16H,3-10,12,20H2,1-2H3/p+1. The van der Waals surface area contributed by atoms with Crippen LogP contribution in [0.25, 0.3) is 0 Å². The minimum atomic E-state index is -0.719. The van der Waals surface area contributed by atoms with E-state index in [1.165, 1.54) is 25.7 Å². The summed E-state index contributed by atoms with van der Waals surface area (Å²) in [6.45, 7) is 6.14. The lowest BCUT2D eigenvalue weighted by Gasteiger charge is -2.25. The fraction of sp³-hybridized carbons (Fsp3) is 0.789. The maximum Gasteiger partial charge on any atom is 0.306 e. The minimum Gasteiger partial charge on any atom is -0.481 e. The van der Waals surface area contributed by atoms with Crippen molar-refractivity contribution in [3.63, 3.8) is 0 Å². The first-order valence-corrected chi connectivity index (χ1v) is 9.51. The van der Waals surface area contributed by atoms with E-state index in [-0.39, 0.29) is 11.8 Å². The van der Waals surface area contributed by atoms with Gasteiger partial charge < -0.3 is 10.8 Å². The van der Waals surface area contributed by atoms with E-state index in [0.717, 1.165) is 29.1 Å². The van der Waals surface area contributed by atoms with Gasteiger partial charge in [0.15, 0.2) is 11.9 Å². The molecule has 0 amide bonds. The molecule has 0 aromatic heterocycles. The number of hydrogen-bond acceptors (Lipinski definition) is 3. The van der Waals surface area contributed by atoms with Crippen molar-refractivity contribution in [3.8, 4) is 0 Å². The van der Waals surface area contributed by atoms with E-state index in [9.17, 15) is 9.90 Å². The Balaban J connectivity index is 1.64. The number of aliphatic carboxylic acids is 1. The van der Waals surface area contributed by atoms with Gasteiger partial charge in [-0.25, -0.2) is 9.48 Å². The molecule has 1 saturated heterocycles. The van der Waals surface area contributed by atoms with Gasteiger partial charge >= 0.3 is 5.97 Å². The van der Waals surface area contributed by atoms with Crippen LogP contribution in [0.15, 0.2) is 16.9 Å². The molecule has 1 aliphatic carbocycles. The van der Waals surface area contributed by atoms with Gasteiger partial charge in [-0.15, -0.1) is 0 Å². The summed E-state index contributed by atoms with van der Waals surface area (Å²) >= 11 is 0. The molecule has 3 rings (SSSR count). The third kappa shape index (κ3) is 3.16. The molecule has 0 aromatic rings. The van der Waals surface area contributed by atoms with Crippen LogP contribution in [0.4, 0.5) is 0 Å². The molecule has 0 aromatic carbocycles. The molecule has 0 radical (unpaired) electrons. The highest BCUT2D eigenvalue weighted by atomic mass is 16.4. The van der Waals surface area contributed by atoms with Crippen LogP contribution in [-0.4, -0.2) is 40.5 Å². The number of fused-ring (bicyclic) bond motifs is 1. The van der Waals surface area contributed by atoms with E-state index in [1.807, 2.05) is 0 Å². The number of carboxylic acids is 1. The highest BCUT2D eigenvalue weighted by molar-refractivity contribution is 5.70. The minimum absolute atomic E-state index is 0.285. The zero-order chi connectivity index (χ0) is 17.4. The number of aliphatic imine (C=N–C) groups is 1. The number of nitrogens with two attached hydrogens (primary N) is 1. The van der Waals surface area contributed by atoms with Crippen molar-refractivity contribution in [3.05, 3.63) is 11.9 Å². The number of nitrogens with zero attached hydrogens (tertiary/aromatic N) is 2. The van der Waals surface area contributed by atoms with Gasteiger partial charge in [0.25, 0.3) is 0 Å². The Hall–Kier alpha value is -1.20. The molecule has 2 fully saturated rings. The molecule has 5 nitrogen and oxygen atoms in total. The lowest BCUT2D eigenvalue weighted by atomic mass is 9.82. The smallest absolute Gasteiger partial charge is 0.306 e. The Bertz CT molecular complexity index is 545. The summed E-state index contributed by atoms with van der Waals surface area (Å²) < 4.78 is 0.884. The Morgan fingerprint density at radius 3 is 2.79 bits per heavy atom. The Labute approximate surface area is 145 Å². The van der Waals surface area contributed by atoms with E-state index < -0.39 is 5.97 Å². The number of carboxylic acid groups (broad SMARTS) is 1. The number of allylic oxidation sites excluding steroid dienone is 1. The average molecular weight is 334 g/mol. The largest absolute Gasteiger partial charge is 0.481 e. The Kier molecular flexibility index (Phi) is 4.85. The van der Waals surface area contributed by atoms with Gasteiger partial charge in [-0.2, -0.15) is 0 Å². The highest BCUT2D eigenvalue weighted by Crippen LogP contribution is 2.54. The lowest BCUT2D eigenvalue weighted by Crippen LogP contribution is -2.32. The van der Waals surface area contributed by atoms with Gasteiger partial charge in [0.2, 0.25) is 0 Å². The van der Waals surface area contributed by atoms with Crippen LogP contribution >= 0.6 is 0 Å². The Morgan fingerprint density at radius 2 is 2.21 bits per heavy atom. The second kappa shape index (κ2) is 6.60. The van der Waals surface area contributed by atoms with Gasteiger partial charge in [-0.1, -0.05) is 20.3 Å². The van der Waals surface area contributed by atoms with Crippen LogP contribution in [0.1, 0.15) is 58.8 Å². The van der Waals surface area contributed by atoms with Gasteiger partial charge in [-0.3, -0.25) is 4.79 Å². The van der Waals surface area contributed by atoms with E-state index in [0.29, 0.717) is 24.9 Å². The zero-order valence-electron chi connectivity index (χ0n) is 15.1. The SMILES string of the molecule is CCC(CN)CC(CC1=C[N+]2(C=N1)CC21CCC(C)CC1)C(=O)O. The molecule has 3 aliphatic rings. The first-order valence-electron chi connectivity index (χ1n) is 9.51. The van der Waals surface area contributed by atoms with Gasteiger partial charge in [0, 0.05) is 19.3 Å². The molecule has 24 heavy (non-hydrogen) atoms. The summed E-state index contributed by atoms with van der Waals surface area (Å²) in [7, 11) is 0. The fourth-order valence-corrected chi connectivity index (χ4v) is 4.64. The summed E-state index contributed by atoms with van der Waals surface area (Å²) in [4.78, 5) is 16.3. The number of carbonyl (C=O) groups is 1. The summed E-state index contributed by atoms with van der Waals surface area (Å²) in [5, 5.41) is 9.57. The molecule has 2 spiro atoms. The molecule has 5 heteroatoms. The monoisotopic (exact) mass is 334 g/mol. The van der Waals surface area contributed by atoms with Crippen LogP contribution in [0.2, 0.25) is 0 Å². The summed E-state index contributed by atoms with van der Waals surface area (Å²) in [6.07, 6.45) is 11.6. The Morgan fingerprint density at radius 1 is 1.50 bits per heavy atom. The second-order valence-electron chi connectivity index (χ2n) is 8.35. The summed E-state index contributed by atoms with van der Waals surface area (Å²) in [5.74, 6) is 0.0382. The number of rotatable bonds is 7. The maximum absolute atomic E-state index is 11.6. The third-order valence-corrected chi connectivity index (χ3v) is 6.68. The number of quaternary nitrogens is 1. The quantitative estimate of drug-likeness (QED) is 0.555. The van der Waals surface area contributed by atoms with E-state index >= 15 is 0 Å². The van der Waals surface area contributed by atoms with Crippen molar-refractivity contribution in [2.24, 2.45) is 28.5 Å². The van der Waals surface area contributed by atoms with E-state index in [4.69, 9.17) is 5.73 Å². The first-order chi connectivity index (χ1) is 11.4. The topological polar surface area (TPSA) is 75.7 Å². The molecule has 1 saturated carbocycles. The van der Waals surface area contributed by atoms with Crippen LogP contribution in [-0.2, 0) is 4.79 Å². The average Bonchev–Trinajstić information content (AvgIpc) is 2.94. The van der Waals surface area contributed by atoms with E-state index in [1.54, 1.807) is 0 Å². The molecule has 2 aliphatic heterocycles. The van der Waals surface area contributed by atoms with Crippen molar-refractivity contribution in [1.29, 1.82) is 0 Å². The van der Waals surface area contributed by atoms with Crippen LogP contribution < -0.4 is 5.73 Å². The third-order valence-electron chi connectivity index (χ3n) is 6.68. The zero-order valence-corrected chi connectivity index (χ0v) is 15.1. The molecule has 2 heterocycles. The van der Waals surface area contributed by atoms with E-state index in [2.05, 4.69) is 31.4 Å². The molecule has 134 valence electrons. The highest BCUT2D eigenvalue weighted by Gasteiger charge is 2.69.